The molecule has 0 atom stereocenters. The van der Waals surface area contributed by atoms with Gasteiger partial charge < -0.3 is 4.74 Å². The van der Waals surface area contributed by atoms with Crippen LogP contribution in [-0.4, -0.2) is 36.1 Å². The third-order valence-corrected chi connectivity index (χ3v) is 7.45. The van der Waals surface area contributed by atoms with Crippen molar-refractivity contribution in [1.29, 1.82) is 0 Å². The molecule has 7 nitrogen and oxygen atoms in total. The summed E-state index contributed by atoms with van der Waals surface area (Å²) < 4.78 is 46.4. The Balaban J connectivity index is 1.56. The van der Waals surface area contributed by atoms with Crippen LogP contribution in [0.5, 0.6) is 5.75 Å². The zero-order valence-corrected chi connectivity index (χ0v) is 19.2. The number of rotatable bonds is 11. The zero-order chi connectivity index (χ0) is 23.4. The van der Waals surface area contributed by atoms with E-state index < -0.39 is 32.3 Å². The maximum absolute atomic E-state index is 14.1. The highest BCUT2D eigenvalue weighted by Gasteiger charge is 2.29. The number of nitrogens with one attached hydrogen (secondary N) is 1. The van der Waals surface area contributed by atoms with Crippen LogP contribution >= 0.6 is 0 Å². The summed E-state index contributed by atoms with van der Waals surface area (Å²) in [5.41, 5.74) is -0.985. The smallest absolute Gasteiger partial charge is 0.328 e. The van der Waals surface area contributed by atoms with E-state index in [4.69, 9.17) is 4.74 Å². The Morgan fingerprint density at radius 2 is 1.97 bits per heavy atom. The molecular formula is C23H29FN2O5S. The monoisotopic (exact) mass is 464 g/mol. The molecule has 32 heavy (non-hydrogen) atoms. The lowest BCUT2D eigenvalue weighted by molar-refractivity contribution is 0.284. The molecule has 1 N–H and O–H groups in total. The number of halogens is 1. The summed E-state index contributed by atoms with van der Waals surface area (Å²) in [5.74, 6) is 0.0862. The summed E-state index contributed by atoms with van der Waals surface area (Å²) in [6.45, 7) is 4.36. The minimum atomic E-state index is -3.39. The number of aromatic nitrogens is 2. The van der Waals surface area contributed by atoms with E-state index in [9.17, 15) is 22.4 Å². The molecule has 3 rings (SSSR count). The van der Waals surface area contributed by atoms with E-state index in [-0.39, 0.29) is 23.8 Å². The number of allylic oxidation sites excluding steroid dienone is 2. The first kappa shape index (κ1) is 24.0. The van der Waals surface area contributed by atoms with Crippen LogP contribution in [0, 0.1) is 11.7 Å². The van der Waals surface area contributed by atoms with Crippen LogP contribution in [0.25, 0.3) is 0 Å². The molecule has 174 valence electrons. The van der Waals surface area contributed by atoms with Crippen LogP contribution in [0.4, 0.5) is 4.39 Å². The van der Waals surface area contributed by atoms with Crippen molar-refractivity contribution >= 4 is 9.84 Å². The highest BCUT2D eigenvalue weighted by Crippen LogP contribution is 2.33. The van der Waals surface area contributed by atoms with Crippen molar-refractivity contribution in [2.75, 3.05) is 18.1 Å². The largest absolute Gasteiger partial charge is 0.490 e. The van der Waals surface area contributed by atoms with Gasteiger partial charge in [-0.05, 0) is 42.9 Å². The average molecular weight is 465 g/mol. The summed E-state index contributed by atoms with van der Waals surface area (Å²) in [6, 6.07) is 5.79. The highest BCUT2D eigenvalue weighted by atomic mass is 32.2. The lowest BCUT2D eigenvalue weighted by Gasteiger charge is -2.25. The van der Waals surface area contributed by atoms with Gasteiger partial charge in [0.05, 0.1) is 18.1 Å². The second-order valence-electron chi connectivity index (χ2n) is 8.90. The fraction of sp³-hybridized carbons (Fsp3) is 0.478. The van der Waals surface area contributed by atoms with Crippen molar-refractivity contribution in [3.63, 3.8) is 0 Å². The van der Waals surface area contributed by atoms with Gasteiger partial charge in [0.25, 0.3) is 5.56 Å². The van der Waals surface area contributed by atoms with Gasteiger partial charge in [0.2, 0.25) is 0 Å². The Hall–Kier alpha value is -2.68. The van der Waals surface area contributed by atoms with E-state index in [1.165, 1.54) is 22.9 Å². The predicted molar refractivity (Wildman–Crippen MR) is 121 cm³/mol. The number of hydrogen-bond donors (Lipinski definition) is 1. The molecule has 0 amide bonds. The molecule has 1 aliphatic carbocycles. The molecule has 1 aromatic carbocycles. The molecule has 1 fully saturated rings. The number of H-pyrrole nitrogens is 1. The summed E-state index contributed by atoms with van der Waals surface area (Å²) in [5, 5.41) is 0. The van der Waals surface area contributed by atoms with Gasteiger partial charge >= 0.3 is 5.69 Å². The van der Waals surface area contributed by atoms with Crippen LogP contribution in [0.3, 0.4) is 0 Å². The number of nitrogens with zero attached hydrogens (tertiary/aromatic N) is 1. The van der Waals surface area contributed by atoms with Gasteiger partial charge in [-0.1, -0.05) is 32.1 Å². The Kier molecular flexibility index (Phi) is 7.38. The molecule has 1 aliphatic rings. The van der Waals surface area contributed by atoms with E-state index in [0.717, 1.165) is 12.8 Å². The van der Waals surface area contributed by atoms with E-state index >= 15 is 0 Å². The van der Waals surface area contributed by atoms with Crippen LogP contribution in [0.1, 0.15) is 38.7 Å². The maximum atomic E-state index is 14.1. The van der Waals surface area contributed by atoms with Gasteiger partial charge in [-0.15, -0.1) is 0 Å². The van der Waals surface area contributed by atoms with E-state index in [1.807, 2.05) is 13.8 Å². The van der Waals surface area contributed by atoms with E-state index in [0.29, 0.717) is 24.5 Å². The number of benzene rings is 1. The highest BCUT2D eigenvalue weighted by molar-refractivity contribution is 7.91. The second kappa shape index (κ2) is 9.85. The number of hydrogen-bond acceptors (Lipinski definition) is 5. The number of aromatic amines is 1. The lowest BCUT2D eigenvalue weighted by Crippen LogP contribution is -2.30. The maximum Gasteiger partial charge on any atom is 0.328 e. The van der Waals surface area contributed by atoms with Crippen LogP contribution < -0.4 is 16.0 Å². The van der Waals surface area contributed by atoms with E-state index in [1.54, 1.807) is 24.3 Å². The predicted octanol–water partition coefficient (Wildman–Crippen LogP) is 2.80. The average Bonchev–Trinajstić information content (AvgIpc) is 3.52. The molecule has 0 bridgehead atoms. The minimum absolute atomic E-state index is 0.0420. The minimum Gasteiger partial charge on any atom is -0.490 e. The Bertz CT molecular complexity index is 1190. The molecule has 0 spiro atoms. The fourth-order valence-corrected chi connectivity index (χ4v) is 5.28. The van der Waals surface area contributed by atoms with Gasteiger partial charge in [0, 0.05) is 24.2 Å². The zero-order valence-electron chi connectivity index (χ0n) is 18.3. The summed E-state index contributed by atoms with van der Waals surface area (Å²) >= 11 is 0. The molecule has 0 saturated heterocycles. The van der Waals surface area contributed by atoms with Crippen LogP contribution in [0.15, 0.2) is 52.2 Å². The third kappa shape index (κ3) is 6.91. The van der Waals surface area contributed by atoms with Crippen molar-refractivity contribution in [1.82, 2.24) is 9.55 Å². The first-order valence-corrected chi connectivity index (χ1v) is 12.5. The molecule has 0 aliphatic heterocycles. The van der Waals surface area contributed by atoms with Crippen molar-refractivity contribution < 1.29 is 17.5 Å². The summed E-state index contributed by atoms with van der Waals surface area (Å²) in [4.78, 5) is 24.8. The molecule has 0 radical (unpaired) electrons. The van der Waals surface area contributed by atoms with Gasteiger partial charge in [0.15, 0.2) is 21.4 Å². The first-order valence-electron chi connectivity index (χ1n) is 10.6. The van der Waals surface area contributed by atoms with Gasteiger partial charge in [0.1, 0.15) is 0 Å². The molecule has 0 unspecified atom stereocenters. The van der Waals surface area contributed by atoms with Gasteiger partial charge in [-0.2, -0.15) is 0 Å². The quantitative estimate of drug-likeness (QED) is 0.516. The normalized spacial score (nSPS) is 14.7. The lowest BCUT2D eigenvalue weighted by atomic mass is 9.86. The van der Waals surface area contributed by atoms with Crippen molar-refractivity contribution in [2.45, 2.75) is 45.1 Å². The van der Waals surface area contributed by atoms with Crippen molar-refractivity contribution in [3.8, 4) is 5.75 Å². The van der Waals surface area contributed by atoms with Crippen LogP contribution in [-0.2, 0) is 21.8 Å². The van der Waals surface area contributed by atoms with E-state index in [2.05, 4.69) is 4.98 Å². The third-order valence-electron chi connectivity index (χ3n) is 5.43. The Morgan fingerprint density at radius 1 is 1.22 bits per heavy atom. The topological polar surface area (TPSA) is 98.2 Å². The molecule has 1 heterocycles. The SMILES string of the molecule is CC(C)(CS(=O)(=O)CC/C=C/Cn1ccc(=O)[nH]c1=O)c1ccc(F)c(OCC2CC2)c1. The Morgan fingerprint density at radius 3 is 2.66 bits per heavy atom. The molecule has 1 aromatic heterocycles. The number of sulfone groups is 1. The van der Waals surface area contributed by atoms with Crippen LogP contribution in [0.2, 0.25) is 0 Å². The van der Waals surface area contributed by atoms with Crippen molar-refractivity contribution in [3.05, 3.63) is 74.8 Å². The Labute approximate surface area is 186 Å². The first-order chi connectivity index (χ1) is 15.1. The summed E-state index contributed by atoms with van der Waals surface area (Å²) in [7, 11) is -3.39. The molecule has 9 heteroatoms. The molecule has 2 aromatic rings. The number of ether oxygens (including phenoxy) is 1. The van der Waals surface area contributed by atoms with Gasteiger partial charge in [-0.3, -0.25) is 14.3 Å². The molecular weight excluding hydrogens is 435 g/mol. The van der Waals surface area contributed by atoms with Crippen molar-refractivity contribution in [2.24, 2.45) is 5.92 Å². The summed E-state index contributed by atoms with van der Waals surface area (Å²) in [6.07, 6.45) is 7.27. The second-order valence-corrected chi connectivity index (χ2v) is 11.1. The molecule has 1 saturated carbocycles. The standard InChI is InChI=1S/C23H29FN2O5S/c1-23(2,18-8-9-19(24)20(14-18)31-15-17-6-7-17)16-32(29,30)13-5-3-4-11-26-12-10-21(27)25-22(26)28/h3-4,8-10,12,14,17H,5-7,11,13,15-16H2,1-2H3,(H,25,27,28)/b4-3+. The van der Waals surface area contributed by atoms with Gasteiger partial charge in [-0.25, -0.2) is 17.6 Å². The fourth-order valence-electron chi connectivity index (χ4n) is 3.37.